The predicted octanol–water partition coefficient (Wildman–Crippen LogP) is 1.79. The molecule has 2 N–H and O–H groups in total. The molecule has 1 aromatic heterocycles. The van der Waals surface area contributed by atoms with E-state index in [4.69, 9.17) is 5.73 Å². The molecule has 0 fully saturated rings. The Labute approximate surface area is 127 Å². The number of nitrogen functional groups attached to an aromatic ring is 1. The average Bonchev–Trinajstić information content (AvgIpc) is 2.90. The van der Waals surface area contributed by atoms with E-state index in [1.165, 1.54) is 17.7 Å². The van der Waals surface area contributed by atoms with Crippen LogP contribution in [0.5, 0.6) is 0 Å². The van der Waals surface area contributed by atoms with Crippen molar-refractivity contribution in [2.24, 2.45) is 0 Å². The van der Waals surface area contributed by atoms with Gasteiger partial charge in [-0.2, -0.15) is 5.10 Å². The minimum atomic E-state index is -1.21. The van der Waals surface area contributed by atoms with E-state index in [0.717, 1.165) is 11.1 Å². The molecule has 0 bridgehead atoms. The highest BCUT2D eigenvalue weighted by molar-refractivity contribution is 5.86. The highest BCUT2D eigenvalue weighted by Gasteiger charge is 2.10. The van der Waals surface area contributed by atoms with E-state index >= 15 is 0 Å². The summed E-state index contributed by atoms with van der Waals surface area (Å²) in [6.07, 6.45) is 1.70. The summed E-state index contributed by atoms with van der Waals surface area (Å²) >= 11 is 0. The predicted molar refractivity (Wildman–Crippen MR) is 82.5 cm³/mol. The van der Waals surface area contributed by atoms with Gasteiger partial charge in [-0.15, -0.1) is 0 Å². The van der Waals surface area contributed by atoms with Crippen LogP contribution < -0.4 is 10.8 Å². The van der Waals surface area contributed by atoms with Crippen molar-refractivity contribution in [2.45, 2.75) is 6.92 Å². The molecule has 3 aromatic rings. The fourth-order valence-corrected chi connectivity index (χ4v) is 2.26. The van der Waals surface area contributed by atoms with Gasteiger partial charge in [-0.1, -0.05) is 42.0 Å². The molecule has 0 amide bonds. The number of carboxylic acid groups (broad SMARTS) is 1. The van der Waals surface area contributed by atoms with E-state index in [0.29, 0.717) is 11.5 Å². The summed E-state index contributed by atoms with van der Waals surface area (Å²) in [5, 5.41) is 15.1. The summed E-state index contributed by atoms with van der Waals surface area (Å²) in [5.74, 6) is -0.703. The number of rotatable bonds is 3. The van der Waals surface area contributed by atoms with Gasteiger partial charge in [-0.3, -0.25) is 0 Å². The molecular formula is C17H14N3O2-. The van der Waals surface area contributed by atoms with Crippen molar-refractivity contribution in [3.63, 3.8) is 0 Å². The van der Waals surface area contributed by atoms with Gasteiger partial charge >= 0.3 is 0 Å². The van der Waals surface area contributed by atoms with Crippen LogP contribution in [-0.2, 0) is 0 Å². The number of nitrogens with two attached hydrogens (primary N) is 1. The Balaban J connectivity index is 1.99. The quantitative estimate of drug-likeness (QED) is 0.797. The van der Waals surface area contributed by atoms with E-state index in [-0.39, 0.29) is 5.56 Å². The number of carboxylic acids is 1. The molecule has 0 spiro atoms. The summed E-state index contributed by atoms with van der Waals surface area (Å²) < 4.78 is 1.58. The molecule has 0 saturated heterocycles. The van der Waals surface area contributed by atoms with Gasteiger partial charge in [0, 0.05) is 5.56 Å². The van der Waals surface area contributed by atoms with Crippen LogP contribution in [0.15, 0.2) is 54.7 Å². The minimum Gasteiger partial charge on any atom is -0.545 e. The largest absolute Gasteiger partial charge is 0.545 e. The number of carbonyl (C=O) groups is 1. The van der Waals surface area contributed by atoms with Gasteiger partial charge in [-0.05, 0) is 30.2 Å². The summed E-state index contributed by atoms with van der Waals surface area (Å²) in [7, 11) is 0. The molecule has 22 heavy (non-hydrogen) atoms. The third-order valence-corrected chi connectivity index (χ3v) is 3.52. The van der Waals surface area contributed by atoms with Crippen LogP contribution in [0.2, 0.25) is 0 Å². The highest BCUT2D eigenvalue weighted by atomic mass is 16.4. The average molecular weight is 292 g/mol. The lowest BCUT2D eigenvalue weighted by Crippen LogP contribution is -2.22. The summed E-state index contributed by atoms with van der Waals surface area (Å²) in [4.78, 5) is 10.8. The Hall–Kier alpha value is -3.08. The lowest BCUT2D eigenvalue weighted by molar-refractivity contribution is -0.255. The fourth-order valence-electron chi connectivity index (χ4n) is 2.26. The first-order valence-corrected chi connectivity index (χ1v) is 6.78. The van der Waals surface area contributed by atoms with Gasteiger partial charge in [0.25, 0.3) is 0 Å². The second kappa shape index (κ2) is 5.37. The second-order valence-electron chi connectivity index (χ2n) is 5.06. The molecule has 0 atom stereocenters. The van der Waals surface area contributed by atoms with Crippen LogP contribution in [0.1, 0.15) is 15.9 Å². The first kappa shape index (κ1) is 13.9. The lowest BCUT2D eigenvalue weighted by Gasteiger charge is -2.07. The molecule has 0 aliphatic carbocycles. The van der Waals surface area contributed by atoms with E-state index in [1.54, 1.807) is 23.0 Å². The van der Waals surface area contributed by atoms with Crippen molar-refractivity contribution in [2.75, 3.05) is 5.73 Å². The maximum Gasteiger partial charge on any atom is 0.135 e. The summed E-state index contributed by atoms with van der Waals surface area (Å²) in [6, 6.07) is 14.2. The molecular weight excluding hydrogens is 278 g/mol. The van der Waals surface area contributed by atoms with Crippen LogP contribution in [0, 0.1) is 6.92 Å². The number of aromatic nitrogens is 2. The summed E-state index contributed by atoms with van der Waals surface area (Å²) in [5.41, 5.74) is 9.99. The number of nitrogens with zero attached hydrogens (tertiary/aromatic N) is 2. The number of anilines is 1. The first-order chi connectivity index (χ1) is 10.6. The third kappa shape index (κ3) is 2.44. The highest BCUT2D eigenvalue weighted by Crippen LogP contribution is 2.27. The van der Waals surface area contributed by atoms with Crippen molar-refractivity contribution in [3.8, 4) is 16.8 Å². The van der Waals surface area contributed by atoms with Crippen molar-refractivity contribution < 1.29 is 9.90 Å². The number of hydrogen-bond acceptors (Lipinski definition) is 4. The van der Waals surface area contributed by atoms with Gasteiger partial charge in [0.05, 0.1) is 17.9 Å². The molecule has 1 heterocycles. The third-order valence-electron chi connectivity index (χ3n) is 3.52. The lowest BCUT2D eigenvalue weighted by atomic mass is 10.1. The van der Waals surface area contributed by atoms with Crippen LogP contribution in [-0.4, -0.2) is 15.7 Å². The minimum absolute atomic E-state index is 0.119. The topological polar surface area (TPSA) is 84.0 Å². The molecule has 2 aromatic carbocycles. The molecule has 3 rings (SSSR count). The number of aromatic carboxylic acids is 1. The van der Waals surface area contributed by atoms with Crippen LogP contribution in [0.3, 0.4) is 0 Å². The Morgan fingerprint density at radius 3 is 2.32 bits per heavy atom. The standard InChI is InChI=1S/C17H15N3O2/c1-11-2-4-12(5-3-11)15-10-19-20(16(15)18)14-8-6-13(7-9-14)17(21)22/h2-10H,18H2,1H3,(H,21,22)/p-1. The Morgan fingerprint density at radius 2 is 1.73 bits per heavy atom. The van der Waals surface area contributed by atoms with Crippen LogP contribution in [0.4, 0.5) is 5.82 Å². The Bertz CT molecular complexity index is 818. The van der Waals surface area contributed by atoms with Crippen LogP contribution in [0.25, 0.3) is 16.8 Å². The molecule has 0 unspecified atom stereocenters. The van der Waals surface area contributed by atoms with Crippen LogP contribution >= 0.6 is 0 Å². The number of carbonyl (C=O) groups excluding carboxylic acids is 1. The molecule has 110 valence electrons. The second-order valence-corrected chi connectivity index (χ2v) is 5.06. The Morgan fingerprint density at radius 1 is 1.09 bits per heavy atom. The van der Waals surface area contributed by atoms with E-state index in [9.17, 15) is 9.90 Å². The molecule has 0 saturated carbocycles. The van der Waals surface area contributed by atoms with Crippen molar-refractivity contribution >= 4 is 11.8 Å². The smallest absolute Gasteiger partial charge is 0.135 e. The molecule has 5 heteroatoms. The van der Waals surface area contributed by atoms with Gasteiger partial charge in [0.1, 0.15) is 5.82 Å². The van der Waals surface area contributed by atoms with E-state index < -0.39 is 5.97 Å². The molecule has 0 aliphatic heterocycles. The monoisotopic (exact) mass is 292 g/mol. The van der Waals surface area contributed by atoms with Crippen molar-refractivity contribution in [1.82, 2.24) is 9.78 Å². The zero-order valence-electron chi connectivity index (χ0n) is 12.0. The van der Waals surface area contributed by atoms with Gasteiger partial charge in [0.15, 0.2) is 0 Å². The molecule has 0 aliphatic rings. The SMILES string of the molecule is Cc1ccc(-c2cnn(-c3ccc(C(=O)[O-])cc3)c2N)cc1. The normalized spacial score (nSPS) is 10.6. The van der Waals surface area contributed by atoms with Gasteiger partial charge in [0.2, 0.25) is 0 Å². The zero-order chi connectivity index (χ0) is 15.7. The molecule has 5 nitrogen and oxygen atoms in total. The van der Waals surface area contributed by atoms with Gasteiger partial charge in [-0.25, -0.2) is 4.68 Å². The summed E-state index contributed by atoms with van der Waals surface area (Å²) in [6.45, 7) is 2.02. The van der Waals surface area contributed by atoms with Crippen molar-refractivity contribution in [3.05, 3.63) is 65.9 Å². The first-order valence-electron chi connectivity index (χ1n) is 6.78. The maximum atomic E-state index is 10.8. The number of hydrogen-bond donors (Lipinski definition) is 1. The fraction of sp³-hybridized carbons (Fsp3) is 0.0588. The zero-order valence-corrected chi connectivity index (χ0v) is 12.0. The number of benzene rings is 2. The Kier molecular flexibility index (Phi) is 3.39. The maximum absolute atomic E-state index is 10.8. The molecule has 0 radical (unpaired) electrons. The number of aryl methyl sites for hydroxylation is 1. The van der Waals surface area contributed by atoms with Crippen molar-refractivity contribution in [1.29, 1.82) is 0 Å². The van der Waals surface area contributed by atoms with E-state index in [1.807, 2.05) is 31.2 Å². The van der Waals surface area contributed by atoms with Gasteiger partial charge < -0.3 is 15.6 Å². The van der Waals surface area contributed by atoms with E-state index in [2.05, 4.69) is 5.10 Å².